The Morgan fingerprint density at radius 1 is 1.25 bits per heavy atom. The van der Waals surface area contributed by atoms with Crippen LogP contribution in [0, 0.1) is 0 Å². The average molecular weight is 400 g/mol. The molecule has 1 aromatic carbocycles. The standard InChI is InChI=1S/C16H22BrN3O4/c17-12-1-3-13(4-2-12)19-15(21)11-14(16(22)23)18-5-6-20-7-9-24-10-8-20/h1-4,14,18H,5-11H2,(H,19,21)(H,22,23)/t14-/m1/s1. The highest BCUT2D eigenvalue weighted by Crippen LogP contribution is 2.14. The van der Waals surface area contributed by atoms with Crippen LogP contribution in [0.5, 0.6) is 0 Å². The van der Waals surface area contributed by atoms with Crippen LogP contribution in [-0.2, 0) is 14.3 Å². The molecule has 0 bridgehead atoms. The van der Waals surface area contributed by atoms with E-state index in [1.807, 2.05) is 12.1 Å². The Kier molecular flexibility index (Phi) is 7.64. The molecule has 0 unspecified atom stereocenters. The largest absolute Gasteiger partial charge is 0.480 e. The third-order valence-electron chi connectivity index (χ3n) is 3.74. The van der Waals surface area contributed by atoms with Gasteiger partial charge in [0.25, 0.3) is 0 Å². The Bertz CT molecular complexity index is 547. The summed E-state index contributed by atoms with van der Waals surface area (Å²) < 4.78 is 6.18. The van der Waals surface area contributed by atoms with Crippen LogP contribution in [0.3, 0.4) is 0 Å². The second-order valence-electron chi connectivity index (χ2n) is 5.56. The minimum absolute atomic E-state index is 0.117. The van der Waals surface area contributed by atoms with Crippen molar-refractivity contribution < 1.29 is 19.4 Å². The van der Waals surface area contributed by atoms with E-state index in [0.717, 1.165) is 24.1 Å². The molecule has 0 radical (unpaired) electrons. The van der Waals surface area contributed by atoms with Gasteiger partial charge in [0, 0.05) is 36.3 Å². The van der Waals surface area contributed by atoms with Crippen molar-refractivity contribution in [3.05, 3.63) is 28.7 Å². The van der Waals surface area contributed by atoms with Crippen molar-refractivity contribution in [3.63, 3.8) is 0 Å². The summed E-state index contributed by atoms with van der Waals surface area (Å²) in [4.78, 5) is 25.6. The summed E-state index contributed by atoms with van der Waals surface area (Å²) in [5.41, 5.74) is 0.639. The topological polar surface area (TPSA) is 90.9 Å². The number of nitrogens with one attached hydrogen (secondary N) is 2. The van der Waals surface area contributed by atoms with Crippen LogP contribution in [0.1, 0.15) is 6.42 Å². The fraction of sp³-hybridized carbons (Fsp3) is 0.500. The fourth-order valence-corrected chi connectivity index (χ4v) is 2.66. The number of hydrogen-bond acceptors (Lipinski definition) is 5. The summed E-state index contributed by atoms with van der Waals surface area (Å²) in [6.07, 6.45) is -0.117. The van der Waals surface area contributed by atoms with Gasteiger partial charge in [-0.15, -0.1) is 0 Å². The summed E-state index contributed by atoms with van der Waals surface area (Å²) in [6, 6.07) is 6.23. The molecule has 1 aliphatic heterocycles. The molecule has 0 aromatic heterocycles. The zero-order valence-corrected chi connectivity index (χ0v) is 14.9. The molecule has 1 atom stereocenters. The first-order valence-corrected chi connectivity index (χ1v) is 8.65. The molecule has 1 fully saturated rings. The zero-order chi connectivity index (χ0) is 17.4. The summed E-state index contributed by atoms with van der Waals surface area (Å²) >= 11 is 3.32. The van der Waals surface area contributed by atoms with Gasteiger partial charge in [-0.3, -0.25) is 14.5 Å². The minimum atomic E-state index is -1.03. The number of amides is 1. The van der Waals surface area contributed by atoms with Crippen molar-refractivity contribution in [2.45, 2.75) is 12.5 Å². The van der Waals surface area contributed by atoms with Crippen molar-refractivity contribution in [1.29, 1.82) is 0 Å². The Labute approximate surface area is 149 Å². The predicted molar refractivity (Wildman–Crippen MR) is 94.1 cm³/mol. The molecule has 1 saturated heterocycles. The number of morpholine rings is 1. The van der Waals surface area contributed by atoms with Crippen LogP contribution >= 0.6 is 15.9 Å². The van der Waals surface area contributed by atoms with Crippen molar-refractivity contribution in [2.75, 3.05) is 44.7 Å². The van der Waals surface area contributed by atoms with Crippen LogP contribution < -0.4 is 10.6 Å². The number of anilines is 1. The van der Waals surface area contributed by atoms with E-state index in [9.17, 15) is 14.7 Å². The molecular formula is C16H22BrN3O4. The number of carboxylic acid groups (broad SMARTS) is 1. The van der Waals surface area contributed by atoms with Gasteiger partial charge in [0.05, 0.1) is 19.6 Å². The lowest BCUT2D eigenvalue weighted by atomic mass is 10.2. The summed E-state index contributed by atoms with van der Waals surface area (Å²) in [5.74, 6) is -1.36. The van der Waals surface area contributed by atoms with E-state index in [-0.39, 0.29) is 12.3 Å². The normalized spacial score (nSPS) is 16.5. The number of rotatable bonds is 8. The van der Waals surface area contributed by atoms with Crippen molar-refractivity contribution >= 4 is 33.5 Å². The smallest absolute Gasteiger partial charge is 0.321 e. The second kappa shape index (κ2) is 9.73. The summed E-state index contributed by atoms with van der Waals surface area (Å²) in [7, 11) is 0. The molecule has 8 heteroatoms. The average Bonchev–Trinajstić information content (AvgIpc) is 2.57. The summed E-state index contributed by atoms with van der Waals surface area (Å²) in [6.45, 7) is 4.37. The van der Waals surface area contributed by atoms with Crippen LogP contribution in [-0.4, -0.2) is 67.3 Å². The van der Waals surface area contributed by atoms with Gasteiger partial charge < -0.3 is 20.5 Å². The van der Waals surface area contributed by atoms with Gasteiger partial charge in [0.1, 0.15) is 6.04 Å². The SMILES string of the molecule is O=C(C[C@@H](NCCN1CCOCC1)C(=O)O)Nc1ccc(Br)cc1. The number of carboxylic acids is 1. The second-order valence-corrected chi connectivity index (χ2v) is 6.47. The summed E-state index contributed by atoms with van der Waals surface area (Å²) in [5, 5.41) is 14.9. The number of nitrogens with zero attached hydrogens (tertiary/aromatic N) is 1. The van der Waals surface area contributed by atoms with E-state index in [2.05, 4.69) is 31.5 Å². The first-order valence-electron chi connectivity index (χ1n) is 7.86. The van der Waals surface area contributed by atoms with Crippen LogP contribution in [0.25, 0.3) is 0 Å². The molecule has 0 aliphatic carbocycles. The molecule has 7 nitrogen and oxygen atoms in total. The molecule has 132 valence electrons. The number of ether oxygens (including phenoxy) is 1. The van der Waals surface area contributed by atoms with Gasteiger partial charge in [0.2, 0.25) is 5.91 Å². The molecule has 1 aromatic rings. The third kappa shape index (κ3) is 6.56. The molecule has 24 heavy (non-hydrogen) atoms. The lowest BCUT2D eigenvalue weighted by Gasteiger charge is -2.27. The number of carbonyl (C=O) groups excluding carboxylic acids is 1. The fourth-order valence-electron chi connectivity index (χ4n) is 2.40. The minimum Gasteiger partial charge on any atom is -0.480 e. The van der Waals surface area contributed by atoms with E-state index >= 15 is 0 Å². The molecular weight excluding hydrogens is 378 g/mol. The highest BCUT2D eigenvalue weighted by Gasteiger charge is 2.21. The van der Waals surface area contributed by atoms with E-state index in [1.54, 1.807) is 12.1 Å². The lowest BCUT2D eigenvalue weighted by Crippen LogP contribution is -2.45. The van der Waals surface area contributed by atoms with E-state index < -0.39 is 12.0 Å². The van der Waals surface area contributed by atoms with E-state index in [0.29, 0.717) is 25.4 Å². The maximum absolute atomic E-state index is 12.0. The van der Waals surface area contributed by atoms with Crippen molar-refractivity contribution in [2.24, 2.45) is 0 Å². The maximum Gasteiger partial charge on any atom is 0.321 e. The van der Waals surface area contributed by atoms with Gasteiger partial charge in [-0.1, -0.05) is 15.9 Å². The Balaban J connectivity index is 1.76. The first-order chi connectivity index (χ1) is 11.5. The zero-order valence-electron chi connectivity index (χ0n) is 13.3. The highest BCUT2D eigenvalue weighted by molar-refractivity contribution is 9.10. The van der Waals surface area contributed by atoms with E-state index in [1.165, 1.54) is 0 Å². The van der Waals surface area contributed by atoms with Gasteiger partial charge >= 0.3 is 5.97 Å². The predicted octanol–water partition coefficient (Wildman–Crippen LogP) is 1.15. The number of hydrogen-bond donors (Lipinski definition) is 3. The van der Waals surface area contributed by atoms with Gasteiger partial charge in [-0.2, -0.15) is 0 Å². The Morgan fingerprint density at radius 2 is 1.92 bits per heavy atom. The molecule has 1 heterocycles. The Morgan fingerprint density at radius 3 is 2.54 bits per heavy atom. The quantitative estimate of drug-likeness (QED) is 0.607. The number of benzene rings is 1. The molecule has 1 amide bonds. The first kappa shape index (κ1) is 18.9. The van der Waals surface area contributed by atoms with Gasteiger partial charge in [-0.05, 0) is 24.3 Å². The molecule has 1 aliphatic rings. The van der Waals surface area contributed by atoms with Crippen molar-refractivity contribution in [3.8, 4) is 0 Å². The van der Waals surface area contributed by atoms with Crippen LogP contribution in [0.15, 0.2) is 28.7 Å². The highest BCUT2D eigenvalue weighted by atomic mass is 79.9. The van der Waals surface area contributed by atoms with Crippen LogP contribution in [0.4, 0.5) is 5.69 Å². The monoisotopic (exact) mass is 399 g/mol. The maximum atomic E-state index is 12.0. The molecule has 2 rings (SSSR count). The van der Waals surface area contributed by atoms with Crippen molar-refractivity contribution in [1.82, 2.24) is 10.2 Å². The molecule has 0 saturated carbocycles. The number of carbonyl (C=O) groups is 2. The van der Waals surface area contributed by atoms with E-state index in [4.69, 9.17) is 4.74 Å². The Hall–Kier alpha value is -1.48. The van der Waals surface area contributed by atoms with Gasteiger partial charge in [0.15, 0.2) is 0 Å². The van der Waals surface area contributed by atoms with Gasteiger partial charge in [-0.25, -0.2) is 0 Å². The molecule has 0 spiro atoms. The van der Waals surface area contributed by atoms with Crippen LogP contribution in [0.2, 0.25) is 0 Å². The number of halogens is 1. The number of aliphatic carboxylic acids is 1. The lowest BCUT2D eigenvalue weighted by molar-refractivity contribution is -0.141. The third-order valence-corrected chi connectivity index (χ3v) is 4.27. The molecule has 3 N–H and O–H groups in total.